The summed E-state index contributed by atoms with van der Waals surface area (Å²) in [6.45, 7) is 3.06. The quantitative estimate of drug-likeness (QED) is 0.747. The Morgan fingerprint density at radius 2 is 2.17 bits per heavy atom. The molecule has 124 valence electrons. The van der Waals surface area contributed by atoms with Gasteiger partial charge >= 0.3 is 6.09 Å². The second-order valence-electron chi connectivity index (χ2n) is 5.01. The number of aryl methyl sites for hydroxylation is 1. The van der Waals surface area contributed by atoms with E-state index in [1.807, 2.05) is 43.5 Å². The van der Waals surface area contributed by atoms with E-state index in [2.05, 4.69) is 20.6 Å². The van der Waals surface area contributed by atoms with E-state index in [-0.39, 0.29) is 13.2 Å². The molecule has 0 radical (unpaired) electrons. The first kappa shape index (κ1) is 15.7. The maximum absolute atomic E-state index is 11.7. The number of hydrogen-bond acceptors (Lipinski definition) is 6. The van der Waals surface area contributed by atoms with Gasteiger partial charge in [0.1, 0.15) is 13.2 Å². The number of benzene rings is 1. The van der Waals surface area contributed by atoms with Crippen molar-refractivity contribution in [3.05, 3.63) is 54.2 Å². The Kier molecular flexibility index (Phi) is 4.85. The van der Waals surface area contributed by atoms with Crippen molar-refractivity contribution in [1.29, 1.82) is 0 Å². The molecule has 1 amide bonds. The zero-order valence-corrected chi connectivity index (χ0v) is 13.2. The molecule has 1 aromatic carbocycles. The van der Waals surface area contributed by atoms with Crippen molar-refractivity contribution >= 4 is 6.09 Å². The van der Waals surface area contributed by atoms with Crippen LogP contribution in [0.2, 0.25) is 0 Å². The van der Waals surface area contributed by atoms with Crippen molar-refractivity contribution in [2.24, 2.45) is 0 Å². The highest BCUT2D eigenvalue weighted by atomic mass is 16.5. The summed E-state index contributed by atoms with van der Waals surface area (Å²) in [6.07, 6.45) is 2.95. The highest BCUT2D eigenvalue weighted by Gasteiger charge is 2.12. The second kappa shape index (κ2) is 7.40. The van der Waals surface area contributed by atoms with Crippen LogP contribution in [0.5, 0.6) is 0 Å². The molecule has 0 saturated heterocycles. The molecule has 0 fully saturated rings. The largest absolute Gasteiger partial charge is 0.445 e. The SMILES string of the molecule is CCn1cc(-c2noc(CNC(=O)OCc3ccccc3)n2)cn1. The molecule has 8 heteroatoms. The number of nitrogens with zero attached hydrogens (tertiary/aromatic N) is 4. The molecule has 24 heavy (non-hydrogen) atoms. The number of carbonyl (C=O) groups excluding carboxylic acids is 1. The third-order valence-electron chi connectivity index (χ3n) is 3.28. The Morgan fingerprint density at radius 1 is 1.33 bits per heavy atom. The zero-order valence-electron chi connectivity index (χ0n) is 13.2. The molecule has 3 rings (SSSR count). The molecular formula is C16H17N5O3. The van der Waals surface area contributed by atoms with Crippen LogP contribution in [0.1, 0.15) is 18.4 Å². The normalized spacial score (nSPS) is 10.5. The second-order valence-corrected chi connectivity index (χ2v) is 5.01. The summed E-state index contributed by atoms with van der Waals surface area (Å²) >= 11 is 0. The maximum Gasteiger partial charge on any atom is 0.407 e. The van der Waals surface area contributed by atoms with Gasteiger partial charge in [-0.2, -0.15) is 10.1 Å². The van der Waals surface area contributed by atoms with Gasteiger partial charge in [0.25, 0.3) is 0 Å². The lowest BCUT2D eigenvalue weighted by atomic mass is 10.2. The highest BCUT2D eigenvalue weighted by molar-refractivity contribution is 5.67. The van der Waals surface area contributed by atoms with Crippen LogP contribution in [0.25, 0.3) is 11.4 Å². The van der Waals surface area contributed by atoms with Crippen molar-refractivity contribution < 1.29 is 14.1 Å². The van der Waals surface area contributed by atoms with Gasteiger partial charge in [0.05, 0.1) is 11.8 Å². The van der Waals surface area contributed by atoms with E-state index < -0.39 is 6.09 Å². The fourth-order valence-electron chi connectivity index (χ4n) is 2.02. The number of amides is 1. The Morgan fingerprint density at radius 3 is 2.92 bits per heavy atom. The number of rotatable bonds is 6. The predicted molar refractivity (Wildman–Crippen MR) is 84.7 cm³/mol. The summed E-state index contributed by atoms with van der Waals surface area (Å²) < 4.78 is 12.0. The summed E-state index contributed by atoms with van der Waals surface area (Å²) in [5.74, 6) is 0.732. The monoisotopic (exact) mass is 327 g/mol. The van der Waals surface area contributed by atoms with Crippen LogP contribution in [-0.4, -0.2) is 26.0 Å². The van der Waals surface area contributed by atoms with E-state index in [0.717, 1.165) is 17.7 Å². The summed E-state index contributed by atoms with van der Waals surface area (Å²) in [5.41, 5.74) is 1.68. The van der Waals surface area contributed by atoms with Gasteiger partial charge in [0, 0.05) is 12.7 Å². The fourth-order valence-corrected chi connectivity index (χ4v) is 2.02. The van der Waals surface area contributed by atoms with Crippen molar-refractivity contribution in [2.75, 3.05) is 0 Å². The van der Waals surface area contributed by atoms with E-state index in [0.29, 0.717) is 11.7 Å². The van der Waals surface area contributed by atoms with Gasteiger partial charge in [-0.1, -0.05) is 35.5 Å². The minimum Gasteiger partial charge on any atom is -0.445 e. The molecule has 8 nitrogen and oxygen atoms in total. The molecule has 0 saturated carbocycles. The average Bonchev–Trinajstić information content (AvgIpc) is 3.28. The molecule has 0 aliphatic heterocycles. The van der Waals surface area contributed by atoms with Gasteiger partial charge in [-0.05, 0) is 12.5 Å². The van der Waals surface area contributed by atoms with Gasteiger partial charge in [-0.15, -0.1) is 0 Å². The Bertz CT molecular complexity index is 797. The third kappa shape index (κ3) is 3.97. The summed E-state index contributed by atoms with van der Waals surface area (Å²) in [5, 5.41) is 10.6. The molecule has 2 aromatic heterocycles. The van der Waals surface area contributed by atoms with E-state index in [1.165, 1.54) is 0 Å². The predicted octanol–water partition coefficient (Wildman–Crippen LogP) is 2.38. The van der Waals surface area contributed by atoms with Crippen LogP contribution in [0.3, 0.4) is 0 Å². The number of hydrogen-bond donors (Lipinski definition) is 1. The molecule has 0 bridgehead atoms. The Hall–Kier alpha value is -3.16. The molecule has 3 aromatic rings. The molecule has 0 spiro atoms. The van der Waals surface area contributed by atoms with Gasteiger partial charge in [0.2, 0.25) is 11.7 Å². The molecule has 0 unspecified atom stereocenters. The van der Waals surface area contributed by atoms with Crippen LogP contribution >= 0.6 is 0 Å². The van der Waals surface area contributed by atoms with Crippen molar-refractivity contribution in [2.45, 2.75) is 26.6 Å². The smallest absolute Gasteiger partial charge is 0.407 e. The average molecular weight is 327 g/mol. The Labute approximate surface area is 138 Å². The van der Waals surface area contributed by atoms with Crippen LogP contribution < -0.4 is 5.32 Å². The number of alkyl carbamates (subject to hydrolysis) is 1. The number of nitrogens with one attached hydrogen (secondary N) is 1. The summed E-state index contributed by atoms with van der Waals surface area (Å²) in [4.78, 5) is 15.9. The van der Waals surface area contributed by atoms with Crippen LogP contribution in [0.4, 0.5) is 4.79 Å². The van der Waals surface area contributed by atoms with E-state index >= 15 is 0 Å². The third-order valence-corrected chi connectivity index (χ3v) is 3.28. The van der Waals surface area contributed by atoms with Gasteiger partial charge < -0.3 is 14.6 Å². The first-order valence-electron chi connectivity index (χ1n) is 7.54. The minimum atomic E-state index is -0.544. The standard InChI is InChI=1S/C16H17N5O3/c1-2-21-10-13(8-18-21)15-19-14(24-20-15)9-17-16(22)23-11-12-6-4-3-5-7-12/h3-8,10H,2,9,11H2,1H3,(H,17,22). The Balaban J connectivity index is 1.49. The molecule has 2 heterocycles. The van der Waals surface area contributed by atoms with Crippen molar-refractivity contribution in [3.63, 3.8) is 0 Å². The van der Waals surface area contributed by atoms with Gasteiger partial charge in [-0.3, -0.25) is 4.68 Å². The van der Waals surface area contributed by atoms with E-state index in [4.69, 9.17) is 9.26 Å². The molecule has 0 aliphatic carbocycles. The van der Waals surface area contributed by atoms with Gasteiger partial charge in [-0.25, -0.2) is 4.79 Å². The lowest BCUT2D eigenvalue weighted by molar-refractivity contribution is 0.138. The minimum absolute atomic E-state index is 0.0997. The summed E-state index contributed by atoms with van der Waals surface area (Å²) in [7, 11) is 0. The van der Waals surface area contributed by atoms with Crippen LogP contribution in [-0.2, 0) is 24.4 Å². The molecular weight excluding hydrogens is 310 g/mol. The van der Waals surface area contributed by atoms with E-state index in [1.54, 1.807) is 10.9 Å². The van der Waals surface area contributed by atoms with Crippen LogP contribution in [0, 0.1) is 0 Å². The molecule has 0 atom stereocenters. The van der Waals surface area contributed by atoms with Crippen molar-refractivity contribution in [3.8, 4) is 11.4 Å². The zero-order chi connectivity index (χ0) is 16.8. The van der Waals surface area contributed by atoms with E-state index in [9.17, 15) is 4.79 Å². The first-order chi connectivity index (χ1) is 11.7. The molecule has 0 aliphatic rings. The molecule has 1 N–H and O–H groups in total. The maximum atomic E-state index is 11.7. The summed E-state index contributed by atoms with van der Waals surface area (Å²) in [6, 6.07) is 9.44. The van der Waals surface area contributed by atoms with Gasteiger partial charge in [0.15, 0.2) is 0 Å². The number of aromatic nitrogens is 4. The van der Waals surface area contributed by atoms with Crippen LogP contribution in [0.15, 0.2) is 47.2 Å². The number of carbonyl (C=O) groups is 1. The van der Waals surface area contributed by atoms with Crippen molar-refractivity contribution in [1.82, 2.24) is 25.2 Å². The fraction of sp³-hybridized carbons (Fsp3) is 0.250. The lowest BCUT2D eigenvalue weighted by Crippen LogP contribution is -2.23. The highest BCUT2D eigenvalue weighted by Crippen LogP contribution is 2.14. The number of ether oxygens (including phenoxy) is 1. The first-order valence-corrected chi connectivity index (χ1v) is 7.54. The lowest BCUT2D eigenvalue weighted by Gasteiger charge is -2.04. The topological polar surface area (TPSA) is 95.1 Å².